The van der Waals surface area contributed by atoms with Gasteiger partial charge in [-0.05, 0) is 26.7 Å². The lowest BCUT2D eigenvalue weighted by Crippen LogP contribution is -2.14. The summed E-state index contributed by atoms with van der Waals surface area (Å²) in [5, 5.41) is 0. The van der Waals surface area contributed by atoms with E-state index in [2.05, 4.69) is 0 Å². The summed E-state index contributed by atoms with van der Waals surface area (Å²) in [6.07, 6.45) is 12.4. The van der Waals surface area contributed by atoms with Crippen molar-refractivity contribution in [1.82, 2.24) is 0 Å². The van der Waals surface area contributed by atoms with Gasteiger partial charge in [0.25, 0.3) is 0 Å². The highest BCUT2D eigenvalue weighted by Gasteiger charge is 2.22. The van der Waals surface area contributed by atoms with Crippen LogP contribution in [0.15, 0.2) is 0 Å². The average Bonchev–Trinajstić information content (AvgIpc) is 3.00. The molecule has 0 aliphatic rings. The second kappa shape index (κ2) is 36.3. The minimum absolute atomic E-state index is 0.441. The molecule has 0 atom stereocenters. The van der Waals surface area contributed by atoms with Crippen LogP contribution in [0.2, 0.25) is 0 Å². The van der Waals surface area contributed by atoms with Gasteiger partial charge in [-0.2, -0.15) is 0 Å². The smallest absolute Gasteiger partial charge is 0.330 e. The molecule has 260 valence electrons. The number of methoxy groups -OCH3 is 1. The molecule has 0 unspecified atom stereocenters. The van der Waals surface area contributed by atoms with Crippen molar-refractivity contribution in [3.63, 3.8) is 0 Å². The van der Waals surface area contributed by atoms with Crippen LogP contribution in [0, 0.1) is 0 Å². The third-order valence-electron chi connectivity index (χ3n) is 6.29. The lowest BCUT2D eigenvalue weighted by molar-refractivity contribution is -0.0221. The van der Waals surface area contributed by atoms with Crippen LogP contribution in [0.3, 0.4) is 0 Å². The van der Waals surface area contributed by atoms with E-state index < -0.39 is 7.60 Å². The van der Waals surface area contributed by atoms with Crippen LogP contribution in [0.4, 0.5) is 0 Å². The number of hydrogen-bond acceptors (Lipinski definition) is 11. The molecule has 0 spiro atoms. The molecule has 0 radical (unpaired) electrons. The summed E-state index contributed by atoms with van der Waals surface area (Å²) in [5.74, 6) is 0. The second-order valence-corrected chi connectivity index (χ2v) is 12.2. The van der Waals surface area contributed by atoms with Crippen molar-refractivity contribution in [3.05, 3.63) is 0 Å². The van der Waals surface area contributed by atoms with Crippen LogP contribution in [-0.2, 0) is 51.5 Å². The van der Waals surface area contributed by atoms with E-state index in [1.54, 1.807) is 7.11 Å². The van der Waals surface area contributed by atoms with Gasteiger partial charge in [0.1, 0.15) is 0 Å². The maximum Gasteiger partial charge on any atom is 0.330 e. The largest absolute Gasteiger partial charge is 0.382 e. The first-order chi connectivity index (χ1) is 21.2. The van der Waals surface area contributed by atoms with Crippen LogP contribution in [0.1, 0.15) is 78.1 Å². The summed E-state index contributed by atoms with van der Waals surface area (Å²) < 4.78 is 66.3. The fraction of sp³-hybridized carbons (Fsp3) is 1.00. The van der Waals surface area contributed by atoms with Crippen molar-refractivity contribution < 1.29 is 51.5 Å². The number of hydrogen-bond donors (Lipinski definition) is 0. The van der Waals surface area contributed by atoms with Crippen LogP contribution in [-0.4, -0.2) is 126 Å². The molecule has 0 aromatic rings. The van der Waals surface area contributed by atoms with Crippen molar-refractivity contribution in [2.24, 2.45) is 0 Å². The van der Waals surface area contributed by atoms with E-state index in [0.717, 1.165) is 25.9 Å². The van der Waals surface area contributed by atoms with E-state index in [-0.39, 0.29) is 0 Å². The molecule has 12 heteroatoms. The summed E-state index contributed by atoms with van der Waals surface area (Å²) in [6, 6.07) is 0. The van der Waals surface area contributed by atoms with Crippen molar-refractivity contribution in [2.45, 2.75) is 78.1 Å². The topological polar surface area (TPSA) is 109 Å². The minimum atomic E-state index is -2.86. The lowest BCUT2D eigenvalue weighted by atomic mass is 10.1. The van der Waals surface area contributed by atoms with Gasteiger partial charge in [-0.15, -0.1) is 0 Å². The predicted octanol–water partition coefficient (Wildman–Crippen LogP) is 5.92. The van der Waals surface area contributed by atoms with Crippen LogP contribution >= 0.6 is 7.60 Å². The van der Waals surface area contributed by atoms with Crippen molar-refractivity contribution in [2.75, 3.05) is 126 Å². The van der Waals surface area contributed by atoms with Gasteiger partial charge < -0.3 is 46.9 Å². The maximum atomic E-state index is 12.4. The Hall–Kier alpha value is -0.170. The Bertz CT molecular complexity index is 562. The Balaban J connectivity index is 3.14. The molecule has 0 bridgehead atoms. The van der Waals surface area contributed by atoms with Crippen LogP contribution in [0.5, 0.6) is 0 Å². The fourth-order valence-corrected chi connectivity index (χ4v) is 5.78. The van der Waals surface area contributed by atoms with Gasteiger partial charge in [-0.1, -0.05) is 51.4 Å². The molecule has 0 saturated heterocycles. The Morgan fingerprint density at radius 3 is 0.977 bits per heavy atom. The van der Waals surface area contributed by atoms with Crippen molar-refractivity contribution in [1.29, 1.82) is 0 Å². The molecule has 0 saturated carbocycles. The highest BCUT2D eigenvalue weighted by Crippen LogP contribution is 2.48. The summed E-state index contributed by atoms with van der Waals surface area (Å²) >= 11 is 0. The lowest BCUT2D eigenvalue weighted by Gasteiger charge is -2.16. The number of unbranched alkanes of at least 4 members (excludes halogenated alkanes) is 9. The van der Waals surface area contributed by atoms with Crippen LogP contribution in [0.25, 0.3) is 0 Å². The Labute approximate surface area is 262 Å². The molecule has 0 aromatic heterocycles. The quantitative estimate of drug-likeness (QED) is 0.0591. The van der Waals surface area contributed by atoms with Crippen molar-refractivity contribution >= 4 is 7.60 Å². The predicted molar refractivity (Wildman–Crippen MR) is 170 cm³/mol. The first-order valence-corrected chi connectivity index (χ1v) is 18.3. The molecule has 0 amide bonds. The highest BCUT2D eigenvalue weighted by molar-refractivity contribution is 7.53. The maximum absolute atomic E-state index is 12.4. The van der Waals surface area contributed by atoms with Gasteiger partial charge in [0.2, 0.25) is 0 Å². The Morgan fingerprint density at radius 2 is 0.651 bits per heavy atom. The first-order valence-electron chi connectivity index (χ1n) is 16.6. The van der Waals surface area contributed by atoms with E-state index in [0.29, 0.717) is 112 Å². The zero-order valence-electron chi connectivity index (χ0n) is 27.7. The van der Waals surface area contributed by atoms with Gasteiger partial charge in [0.05, 0.1) is 112 Å². The molecule has 43 heavy (non-hydrogen) atoms. The molecule has 0 aromatic carbocycles. The fourth-order valence-electron chi connectivity index (χ4n) is 4.05. The van der Waals surface area contributed by atoms with Crippen molar-refractivity contribution in [3.8, 4) is 0 Å². The Kier molecular flexibility index (Phi) is 36.2. The van der Waals surface area contributed by atoms with E-state index in [9.17, 15) is 4.57 Å². The van der Waals surface area contributed by atoms with E-state index in [1.165, 1.54) is 44.9 Å². The zero-order valence-corrected chi connectivity index (χ0v) is 28.6. The highest BCUT2D eigenvalue weighted by atomic mass is 31.2. The monoisotopic (exact) mass is 644 g/mol. The van der Waals surface area contributed by atoms with E-state index in [4.69, 9.17) is 46.9 Å². The molecular weight excluding hydrogens is 579 g/mol. The van der Waals surface area contributed by atoms with Gasteiger partial charge in [-0.25, -0.2) is 0 Å². The molecule has 0 aliphatic heterocycles. The first kappa shape index (κ1) is 42.8. The third-order valence-corrected chi connectivity index (χ3v) is 8.45. The zero-order chi connectivity index (χ0) is 31.4. The third kappa shape index (κ3) is 34.5. The number of rotatable bonds is 38. The summed E-state index contributed by atoms with van der Waals surface area (Å²) in [5.41, 5.74) is 0. The molecule has 0 aliphatic carbocycles. The summed E-state index contributed by atoms with van der Waals surface area (Å²) in [4.78, 5) is 0. The summed E-state index contributed by atoms with van der Waals surface area (Å²) in [7, 11) is -1.21. The van der Waals surface area contributed by atoms with Gasteiger partial charge in [0, 0.05) is 13.7 Å². The SMILES string of the molecule is CCOP(=O)(CCCCCCCCCCCCOCCOCCOCCOCCOCCOCCOCCOC)OCC. The average molecular weight is 645 g/mol. The second-order valence-electron chi connectivity index (χ2n) is 9.99. The molecule has 0 heterocycles. The Morgan fingerprint density at radius 1 is 0.372 bits per heavy atom. The van der Waals surface area contributed by atoms with Gasteiger partial charge in [-0.3, -0.25) is 4.57 Å². The minimum Gasteiger partial charge on any atom is -0.382 e. The van der Waals surface area contributed by atoms with E-state index >= 15 is 0 Å². The molecule has 0 N–H and O–H groups in total. The number of ether oxygens (including phenoxy) is 8. The molecule has 0 fully saturated rings. The standard InChI is InChI=1S/C31H65O11P/c1-4-41-43(32,42-5-2)31-15-13-11-9-7-6-8-10-12-14-16-34-19-20-36-23-24-38-27-28-40-30-29-39-26-25-37-22-21-35-18-17-33-3/h4-31H2,1-3H3. The van der Waals surface area contributed by atoms with Crippen LogP contribution < -0.4 is 0 Å². The van der Waals surface area contributed by atoms with E-state index in [1.807, 2.05) is 13.8 Å². The van der Waals surface area contributed by atoms with Gasteiger partial charge in [0.15, 0.2) is 0 Å². The molecule has 11 nitrogen and oxygen atoms in total. The normalized spacial score (nSPS) is 12.0. The molecule has 0 rings (SSSR count). The summed E-state index contributed by atoms with van der Waals surface area (Å²) in [6.45, 7) is 13.3. The van der Waals surface area contributed by atoms with Gasteiger partial charge >= 0.3 is 7.60 Å². The molecular formula is C31H65O11P.